The van der Waals surface area contributed by atoms with E-state index in [1.165, 1.54) is 18.4 Å². The molecule has 1 saturated carbocycles. The Morgan fingerprint density at radius 2 is 2.00 bits per heavy atom. The topological polar surface area (TPSA) is 79.4 Å². The quantitative estimate of drug-likeness (QED) is 0.474. The SMILES string of the molecule is CN(Cc1cnc2c(c1)-c1nc(-c3cccc4[nH]ccc34)nc(N3CCOCC3)c1CO2)C1CC1. The van der Waals surface area contributed by atoms with Gasteiger partial charge in [0.2, 0.25) is 5.88 Å². The summed E-state index contributed by atoms with van der Waals surface area (Å²) in [5, 5.41) is 1.12. The second-order valence-electron chi connectivity index (χ2n) is 9.67. The average Bonchev–Trinajstić information content (AvgIpc) is 3.65. The molecule has 2 aliphatic heterocycles. The van der Waals surface area contributed by atoms with E-state index in [2.05, 4.69) is 57.1 Å². The van der Waals surface area contributed by atoms with Gasteiger partial charge >= 0.3 is 0 Å². The zero-order valence-corrected chi connectivity index (χ0v) is 19.8. The van der Waals surface area contributed by atoms with Crippen molar-refractivity contribution in [3.05, 3.63) is 53.9 Å². The maximum Gasteiger partial charge on any atom is 0.223 e. The molecule has 178 valence electrons. The van der Waals surface area contributed by atoms with Crippen molar-refractivity contribution < 1.29 is 9.47 Å². The number of aromatic amines is 1. The van der Waals surface area contributed by atoms with Gasteiger partial charge in [0, 0.05) is 54.5 Å². The van der Waals surface area contributed by atoms with E-state index in [4.69, 9.17) is 19.4 Å². The van der Waals surface area contributed by atoms with Crippen molar-refractivity contribution in [3.63, 3.8) is 0 Å². The minimum absolute atomic E-state index is 0.415. The summed E-state index contributed by atoms with van der Waals surface area (Å²) in [6.07, 6.45) is 6.47. The number of hydrogen-bond acceptors (Lipinski definition) is 7. The summed E-state index contributed by atoms with van der Waals surface area (Å²) in [5.41, 5.74) is 6.18. The summed E-state index contributed by atoms with van der Waals surface area (Å²) in [5.74, 6) is 2.31. The van der Waals surface area contributed by atoms with Gasteiger partial charge in [-0.1, -0.05) is 12.1 Å². The fourth-order valence-corrected chi connectivity index (χ4v) is 5.20. The molecule has 0 amide bonds. The van der Waals surface area contributed by atoms with Crippen molar-refractivity contribution in [3.8, 4) is 28.5 Å². The minimum Gasteiger partial charge on any atom is -0.472 e. The molecule has 4 aromatic rings. The highest BCUT2D eigenvalue weighted by atomic mass is 16.5. The van der Waals surface area contributed by atoms with Gasteiger partial charge in [-0.25, -0.2) is 15.0 Å². The number of aromatic nitrogens is 4. The molecule has 1 aliphatic carbocycles. The van der Waals surface area contributed by atoms with Crippen LogP contribution in [0.2, 0.25) is 0 Å². The minimum atomic E-state index is 0.415. The second kappa shape index (κ2) is 8.32. The lowest BCUT2D eigenvalue weighted by Gasteiger charge is -2.32. The number of H-pyrrole nitrogens is 1. The van der Waals surface area contributed by atoms with Crippen LogP contribution in [-0.4, -0.2) is 64.2 Å². The number of fused-ring (bicyclic) bond motifs is 4. The molecule has 3 aromatic heterocycles. The predicted molar refractivity (Wildman–Crippen MR) is 134 cm³/mol. The molecule has 1 saturated heterocycles. The third-order valence-corrected chi connectivity index (χ3v) is 7.25. The molecule has 0 spiro atoms. The van der Waals surface area contributed by atoms with Crippen molar-refractivity contribution in [1.82, 2.24) is 24.8 Å². The molecule has 8 nitrogen and oxygen atoms in total. The van der Waals surface area contributed by atoms with Crippen LogP contribution in [0.5, 0.6) is 5.88 Å². The number of ether oxygens (including phenoxy) is 2. The zero-order chi connectivity index (χ0) is 23.4. The largest absolute Gasteiger partial charge is 0.472 e. The first kappa shape index (κ1) is 20.8. The van der Waals surface area contributed by atoms with Crippen LogP contribution in [0.1, 0.15) is 24.0 Å². The van der Waals surface area contributed by atoms with Gasteiger partial charge in [0.25, 0.3) is 0 Å². The van der Waals surface area contributed by atoms with Gasteiger partial charge in [0.15, 0.2) is 5.82 Å². The number of hydrogen-bond donors (Lipinski definition) is 1. The lowest BCUT2D eigenvalue weighted by atomic mass is 10.0. The van der Waals surface area contributed by atoms with Crippen molar-refractivity contribution >= 4 is 16.7 Å². The average molecular weight is 469 g/mol. The fraction of sp³-hybridized carbons (Fsp3) is 0.370. The maximum absolute atomic E-state index is 6.14. The van der Waals surface area contributed by atoms with E-state index in [1.807, 2.05) is 12.4 Å². The zero-order valence-electron chi connectivity index (χ0n) is 19.8. The second-order valence-corrected chi connectivity index (χ2v) is 9.67. The van der Waals surface area contributed by atoms with E-state index in [0.717, 1.165) is 64.6 Å². The lowest BCUT2D eigenvalue weighted by Crippen LogP contribution is -2.38. The Kier molecular flexibility index (Phi) is 4.96. The number of nitrogens with zero attached hydrogens (tertiary/aromatic N) is 5. The lowest BCUT2D eigenvalue weighted by molar-refractivity contribution is 0.122. The normalized spacial score (nSPS) is 17.4. The maximum atomic E-state index is 6.14. The van der Waals surface area contributed by atoms with E-state index < -0.39 is 0 Å². The van der Waals surface area contributed by atoms with Crippen LogP contribution in [0.3, 0.4) is 0 Å². The summed E-state index contributed by atoms with van der Waals surface area (Å²) in [4.78, 5) is 23.0. The van der Waals surface area contributed by atoms with Gasteiger partial charge < -0.3 is 19.4 Å². The number of benzene rings is 1. The van der Waals surface area contributed by atoms with E-state index in [-0.39, 0.29) is 0 Å². The smallest absolute Gasteiger partial charge is 0.223 e. The monoisotopic (exact) mass is 468 g/mol. The van der Waals surface area contributed by atoms with E-state index in [9.17, 15) is 0 Å². The van der Waals surface area contributed by atoms with Crippen molar-refractivity contribution in [2.75, 3.05) is 38.3 Å². The summed E-state index contributed by atoms with van der Waals surface area (Å²) < 4.78 is 11.8. The Labute approximate surface area is 203 Å². The Hall–Kier alpha value is -3.49. The van der Waals surface area contributed by atoms with Gasteiger partial charge in [-0.15, -0.1) is 0 Å². The Morgan fingerprint density at radius 3 is 2.86 bits per heavy atom. The first-order chi connectivity index (χ1) is 17.2. The summed E-state index contributed by atoms with van der Waals surface area (Å²) in [6, 6.07) is 11.2. The molecular weight excluding hydrogens is 440 g/mol. The molecule has 8 heteroatoms. The molecule has 0 atom stereocenters. The number of rotatable bonds is 5. The van der Waals surface area contributed by atoms with Gasteiger partial charge in [0.05, 0.1) is 30.0 Å². The Bertz CT molecular complexity index is 1410. The molecule has 35 heavy (non-hydrogen) atoms. The van der Waals surface area contributed by atoms with Crippen LogP contribution >= 0.6 is 0 Å². The molecule has 3 aliphatic rings. The van der Waals surface area contributed by atoms with E-state index >= 15 is 0 Å². The Morgan fingerprint density at radius 1 is 1.11 bits per heavy atom. The molecule has 1 N–H and O–H groups in total. The molecule has 0 bridgehead atoms. The van der Waals surface area contributed by atoms with E-state index in [0.29, 0.717) is 31.7 Å². The summed E-state index contributed by atoms with van der Waals surface area (Å²) in [7, 11) is 2.19. The summed E-state index contributed by atoms with van der Waals surface area (Å²) in [6.45, 7) is 4.27. The van der Waals surface area contributed by atoms with Crippen LogP contribution in [-0.2, 0) is 17.9 Å². The van der Waals surface area contributed by atoms with Crippen LogP contribution in [0.15, 0.2) is 42.7 Å². The van der Waals surface area contributed by atoms with Gasteiger partial charge in [-0.2, -0.15) is 0 Å². The summed E-state index contributed by atoms with van der Waals surface area (Å²) >= 11 is 0. The van der Waals surface area contributed by atoms with Crippen molar-refractivity contribution in [2.24, 2.45) is 0 Å². The Balaban J connectivity index is 1.39. The van der Waals surface area contributed by atoms with Crippen LogP contribution in [0.4, 0.5) is 5.82 Å². The standard InChI is InChI=1S/C27H28N6O2/c1-32(18-5-6-18)15-17-13-21-24-22(16-35-27(21)29-14-17)26(33-9-11-34-12-10-33)31-25(30-24)20-3-2-4-23-19(20)7-8-28-23/h2-4,7-8,13-14,18,28H,5-6,9-12,15-16H2,1H3. The molecule has 1 aromatic carbocycles. The van der Waals surface area contributed by atoms with Crippen molar-refractivity contribution in [1.29, 1.82) is 0 Å². The highest BCUT2D eigenvalue weighted by Crippen LogP contribution is 2.41. The van der Waals surface area contributed by atoms with Crippen molar-refractivity contribution in [2.45, 2.75) is 32.0 Å². The predicted octanol–water partition coefficient (Wildman–Crippen LogP) is 4.01. The van der Waals surface area contributed by atoms with Crippen LogP contribution < -0.4 is 9.64 Å². The van der Waals surface area contributed by atoms with Crippen LogP contribution in [0, 0.1) is 0 Å². The molecule has 2 fully saturated rings. The van der Waals surface area contributed by atoms with Crippen LogP contribution in [0.25, 0.3) is 33.5 Å². The van der Waals surface area contributed by atoms with Gasteiger partial charge in [0.1, 0.15) is 12.4 Å². The molecular formula is C27H28N6O2. The number of pyridine rings is 1. The van der Waals surface area contributed by atoms with Gasteiger partial charge in [-0.3, -0.25) is 4.90 Å². The highest BCUT2D eigenvalue weighted by Gasteiger charge is 2.30. The van der Waals surface area contributed by atoms with E-state index in [1.54, 1.807) is 0 Å². The molecule has 7 rings (SSSR count). The first-order valence-corrected chi connectivity index (χ1v) is 12.4. The third kappa shape index (κ3) is 3.73. The fourth-order valence-electron chi connectivity index (χ4n) is 5.20. The molecule has 5 heterocycles. The number of anilines is 1. The highest BCUT2D eigenvalue weighted by molar-refractivity contribution is 5.94. The first-order valence-electron chi connectivity index (χ1n) is 12.4. The molecule has 0 radical (unpaired) electrons. The number of morpholine rings is 1. The molecule has 0 unspecified atom stereocenters. The third-order valence-electron chi connectivity index (χ3n) is 7.25. The number of nitrogens with one attached hydrogen (secondary N) is 1. The van der Waals surface area contributed by atoms with Gasteiger partial charge in [-0.05, 0) is 43.7 Å².